The van der Waals surface area contributed by atoms with E-state index in [9.17, 15) is 14.4 Å². The minimum Gasteiger partial charge on any atom is -0.426 e. The number of fused-ring (bicyclic) bond motifs is 1. The van der Waals surface area contributed by atoms with Gasteiger partial charge in [-0.1, -0.05) is 0 Å². The van der Waals surface area contributed by atoms with Crippen molar-refractivity contribution in [3.05, 3.63) is 40.2 Å². The predicted octanol–water partition coefficient (Wildman–Crippen LogP) is 1.31. The molecule has 0 atom stereocenters. The van der Waals surface area contributed by atoms with Crippen LogP contribution in [-0.2, 0) is 9.53 Å². The highest BCUT2D eigenvalue weighted by atomic mass is 35.5. The number of hydrogen-bond donors (Lipinski definition) is 1. The van der Waals surface area contributed by atoms with Gasteiger partial charge < -0.3 is 19.2 Å². The Labute approximate surface area is 136 Å². The number of amides is 1. The molecule has 0 aliphatic carbocycles. The number of halogens is 1. The molecular formula is C15H14ClNO6. The summed E-state index contributed by atoms with van der Waals surface area (Å²) in [5.41, 5.74) is -0.698. The van der Waals surface area contributed by atoms with Crippen molar-refractivity contribution in [3.63, 3.8) is 0 Å². The van der Waals surface area contributed by atoms with Crippen molar-refractivity contribution in [2.45, 2.75) is 0 Å². The zero-order chi connectivity index (χ0) is 16.8. The Hall–Kier alpha value is -2.38. The van der Waals surface area contributed by atoms with Gasteiger partial charge in [0.25, 0.3) is 5.91 Å². The maximum atomic E-state index is 11.9. The molecule has 0 radical (unpaired) electrons. The third-order valence-electron chi connectivity index (χ3n) is 2.88. The van der Waals surface area contributed by atoms with Crippen molar-refractivity contribution < 1.29 is 23.5 Å². The van der Waals surface area contributed by atoms with Crippen LogP contribution in [-0.4, -0.2) is 38.0 Å². The lowest BCUT2D eigenvalue weighted by Crippen LogP contribution is -2.30. The second-order valence-corrected chi connectivity index (χ2v) is 4.77. The largest absolute Gasteiger partial charge is 0.426 e. The fourth-order valence-corrected chi connectivity index (χ4v) is 1.89. The number of ether oxygens (including phenoxy) is 2. The van der Waals surface area contributed by atoms with Crippen LogP contribution in [0.1, 0.15) is 10.4 Å². The van der Waals surface area contributed by atoms with E-state index in [1.54, 1.807) is 6.07 Å². The predicted molar refractivity (Wildman–Crippen MR) is 83.0 cm³/mol. The molecule has 1 amide bonds. The molecule has 0 spiro atoms. The van der Waals surface area contributed by atoms with E-state index in [4.69, 9.17) is 25.5 Å². The smallest absolute Gasteiger partial charge is 0.349 e. The zero-order valence-electron chi connectivity index (χ0n) is 12.3. The molecular weight excluding hydrogens is 326 g/mol. The topological polar surface area (TPSA) is 94.8 Å². The molecule has 1 aromatic heterocycles. The molecule has 2 rings (SSSR count). The van der Waals surface area contributed by atoms with E-state index in [2.05, 4.69) is 5.32 Å². The molecule has 0 aliphatic rings. The van der Waals surface area contributed by atoms with Crippen LogP contribution in [0.3, 0.4) is 0 Å². The minimum atomic E-state index is -0.784. The third kappa shape index (κ3) is 4.30. The molecule has 122 valence electrons. The number of benzene rings is 1. The number of methoxy groups -OCH3 is 1. The van der Waals surface area contributed by atoms with E-state index in [0.29, 0.717) is 12.0 Å². The van der Waals surface area contributed by atoms with E-state index in [-0.39, 0.29) is 29.3 Å². The minimum absolute atomic E-state index is 0.112. The van der Waals surface area contributed by atoms with Crippen LogP contribution in [0.25, 0.3) is 11.0 Å². The standard InChI is InChI=1S/C15H14ClNO6/c1-21-5-4-17-14(19)11-6-9-2-3-10(22-13(18)8-16)7-12(9)23-15(11)20/h2-3,6-7H,4-5,8H2,1H3,(H,17,19). The fourth-order valence-electron chi connectivity index (χ4n) is 1.83. The number of esters is 1. The van der Waals surface area contributed by atoms with Crippen LogP contribution in [0.2, 0.25) is 0 Å². The van der Waals surface area contributed by atoms with Crippen LogP contribution in [0.15, 0.2) is 33.5 Å². The second-order valence-electron chi connectivity index (χ2n) is 4.50. The SMILES string of the molecule is COCCNC(=O)c1cc2ccc(OC(=O)CCl)cc2oc1=O. The Balaban J connectivity index is 2.28. The second kappa shape index (κ2) is 7.75. The van der Waals surface area contributed by atoms with Crippen molar-refractivity contribution in [1.29, 1.82) is 0 Å². The summed E-state index contributed by atoms with van der Waals surface area (Å²) in [5.74, 6) is -1.26. The molecule has 1 heterocycles. The maximum absolute atomic E-state index is 11.9. The molecule has 1 N–H and O–H groups in total. The van der Waals surface area contributed by atoms with Gasteiger partial charge in [0, 0.05) is 25.1 Å². The summed E-state index contributed by atoms with van der Waals surface area (Å²) in [6.07, 6.45) is 0. The fraction of sp³-hybridized carbons (Fsp3) is 0.267. The third-order valence-corrected chi connectivity index (χ3v) is 3.10. The highest BCUT2D eigenvalue weighted by Crippen LogP contribution is 2.20. The van der Waals surface area contributed by atoms with Crippen LogP contribution < -0.4 is 15.7 Å². The van der Waals surface area contributed by atoms with Gasteiger partial charge in [0.05, 0.1) is 6.61 Å². The lowest BCUT2D eigenvalue weighted by atomic mass is 10.1. The van der Waals surface area contributed by atoms with Gasteiger partial charge in [-0.3, -0.25) is 9.59 Å². The van der Waals surface area contributed by atoms with Crippen LogP contribution in [0, 0.1) is 0 Å². The van der Waals surface area contributed by atoms with E-state index in [0.717, 1.165) is 0 Å². The summed E-state index contributed by atoms with van der Waals surface area (Å²) >= 11 is 5.35. The summed E-state index contributed by atoms with van der Waals surface area (Å²) < 4.78 is 14.8. The van der Waals surface area contributed by atoms with Gasteiger partial charge in [-0.15, -0.1) is 11.6 Å². The van der Waals surface area contributed by atoms with Crippen LogP contribution >= 0.6 is 11.6 Å². The summed E-state index contributed by atoms with van der Waals surface area (Å²) in [5, 5.41) is 3.06. The molecule has 7 nitrogen and oxygen atoms in total. The average molecular weight is 340 g/mol. The highest BCUT2D eigenvalue weighted by Gasteiger charge is 2.14. The number of carbonyl (C=O) groups excluding carboxylic acids is 2. The lowest BCUT2D eigenvalue weighted by Gasteiger charge is -2.06. The Kier molecular flexibility index (Phi) is 5.72. The first kappa shape index (κ1) is 17.0. The number of hydrogen-bond acceptors (Lipinski definition) is 6. The van der Waals surface area contributed by atoms with Gasteiger partial charge in [0.15, 0.2) is 0 Å². The zero-order valence-corrected chi connectivity index (χ0v) is 13.0. The monoisotopic (exact) mass is 339 g/mol. The lowest BCUT2D eigenvalue weighted by molar-refractivity contribution is -0.131. The van der Waals surface area contributed by atoms with Crippen molar-refractivity contribution in [2.24, 2.45) is 0 Å². The Morgan fingerprint density at radius 3 is 2.78 bits per heavy atom. The number of rotatable bonds is 6. The molecule has 0 fully saturated rings. The summed E-state index contributed by atoms with van der Waals surface area (Å²) in [7, 11) is 1.51. The first-order chi connectivity index (χ1) is 11.0. The Morgan fingerprint density at radius 1 is 1.30 bits per heavy atom. The van der Waals surface area contributed by atoms with Crippen molar-refractivity contribution in [3.8, 4) is 5.75 Å². The van der Waals surface area contributed by atoms with Gasteiger partial charge >= 0.3 is 11.6 Å². The van der Waals surface area contributed by atoms with Crippen LogP contribution in [0.4, 0.5) is 0 Å². The van der Waals surface area contributed by atoms with E-state index in [1.807, 2.05) is 0 Å². The van der Waals surface area contributed by atoms with Gasteiger partial charge in [-0.2, -0.15) is 0 Å². The molecule has 0 saturated heterocycles. The van der Waals surface area contributed by atoms with Crippen molar-refractivity contribution >= 4 is 34.4 Å². The molecule has 23 heavy (non-hydrogen) atoms. The first-order valence-corrected chi connectivity index (χ1v) is 7.20. The van der Waals surface area contributed by atoms with Gasteiger partial charge in [-0.05, 0) is 18.2 Å². The maximum Gasteiger partial charge on any atom is 0.349 e. The summed E-state index contributed by atoms with van der Waals surface area (Å²) in [6.45, 7) is 0.611. The molecule has 0 unspecified atom stereocenters. The summed E-state index contributed by atoms with van der Waals surface area (Å²) in [4.78, 5) is 35.0. The van der Waals surface area contributed by atoms with Gasteiger partial charge in [-0.25, -0.2) is 4.79 Å². The Morgan fingerprint density at radius 2 is 2.09 bits per heavy atom. The summed E-state index contributed by atoms with van der Waals surface area (Å²) in [6, 6.07) is 5.88. The molecule has 1 aromatic carbocycles. The van der Waals surface area contributed by atoms with Crippen molar-refractivity contribution in [2.75, 3.05) is 26.1 Å². The highest BCUT2D eigenvalue weighted by molar-refractivity contribution is 6.26. The Bertz CT molecular complexity index is 785. The number of carbonyl (C=O) groups is 2. The van der Waals surface area contributed by atoms with E-state index in [1.165, 1.54) is 25.3 Å². The molecule has 0 bridgehead atoms. The molecule has 2 aromatic rings. The first-order valence-electron chi connectivity index (χ1n) is 6.67. The number of alkyl halides is 1. The average Bonchev–Trinajstić information content (AvgIpc) is 2.54. The molecule has 0 aliphatic heterocycles. The van der Waals surface area contributed by atoms with Gasteiger partial charge in [0.2, 0.25) is 0 Å². The van der Waals surface area contributed by atoms with Crippen molar-refractivity contribution in [1.82, 2.24) is 5.32 Å². The van der Waals surface area contributed by atoms with E-state index < -0.39 is 17.5 Å². The van der Waals surface area contributed by atoms with Gasteiger partial charge in [0.1, 0.15) is 22.8 Å². The van der Waals surface area contributed by atoms with Crippen LogP contribution in [0.5, 0.6) is 5.75 Å². The molecule has 0 saturated carbocycles. The van der Waals surface area contributed by atoms with E-state index >= 15 is 0 Å². The quantitative estimate of drug-likeness (QED) is 0.280. The normalized spacial score (nSPS) is 10.5. The molecule has 8 heteroatoms. The number of nitrogens with one attached hydrogen (secondary N) is 1.